The van der Waals surface area contributed by atoms with Crippen molar-refractivity contribution in [3.8, 4) is 5.75 Å². The quantitative estimate of drug-likeness (QED) is 0.682. The van der Waals surface area contributed by atoms with Gasteiger partial charge in [-0.1, -0.05) is 23.2 Å². The van der Waals surface area contributed by atoms with Crippen LogP contribution in [0.1, 0.15) is 12.0 Å². The molecule has 0 atom stereocenters. The molecule has 0 bridgehead atoms. The van der Waals surface area contributed by atoms with Crippen molar-refractivity contribution in [3.05, 3.63) is 27.7 Å². The lowest BCUT2D eigenvalue weighted by Gasteiger charge is -2.14. The summed E-state index contributed by atoms with van der Waals surface area (Å²) in [6.45, 7) is 2.02. The van der Waals surface area contributed by atoms with Crippen LogP contribution < -0.4 is 15.8 Å². The first-order chi connectivity index (χ1) is 9.54. The second kappa shape index (κ2) is 9.02. The van der Waals surface area contributed by atoms with E-state index in [4.69, 9.17) is 38.4 Å². The Morgan fingerprint density at radius 1 is 1.35 bits per heavy atom. The molecule has 7 heteroatoms. The van der Waals surface area contributed by atoms with Gasteiger partial charge in [0.05, 0.1) is 24.7 Å². The number of benzene rings is 1. The highest BCUT2D eigenvalue weighted by Gasteiger charge is 2.11. The minimum absolute atomic E-state index is 0.134. The molecule has 5 nitrogen and oxygen atoms in total. The van der Waals surface area contributed by atoms with Gasteiger partial charge in [0.25, 0.3) is 0 Å². The van der Waals surface area contributed by atoms with Crippen LogP contribution in [-0.4, -0.2) is 32.8 Å². The third kappa shape index (κ3) is 5.96. The maximum atomic E-state index is 10.7. The molecule has 20 heavy (non-hydrogen) atoms. The lowest BCUT2D eigenvalue weighted by atomic mass is 10.2. The van der Waals surface area contributed by atoms with Crippen LogP contribution >= 0.6 is 23.2 Å². The van der Waals surface area contributed by atoms with Crippen molar-refractivity contribution in [1.29, 1.82) is 0 Å². The smallest absolute Gasteiger partial charge is 0.220 e. The summed E-state index contributed by atoms with van der Waals surface area (Å²) in [6, 6.07) is 3.37. The summed E-state index contributed by atoms with van der Waals surface area (Å²) in [4.78, 5) is 10.7. The first-order valence-electron chi connectivity index (χ1n) is 6.13. The van der Waals surface area contributed by atoms with Crippen LogP contribution in [-0.2, 0) is 16.1 Å². The Morgan fingerprint density at radius 2 is 2.10 bits per heavy atom. The molecule has 1 aromatic carbocycles. The number of hydrogen-bond donors (Lipinski definition) is 2. The van der Waals surface area contributed by atoms with Crippen LogP contribution in [0.5, 0.6) is 5.75 Å². The molecule has 0 aliphatic rings. The summed E-state index contributed by atoms with van der Waals surface area (Å²) in [7, 11) is 1.64. The second-order valence-corrected chi connectivity index (χ2v) is 4.95. The first kappa shape index (κ1) is 17.0. The molecule has 0 saturated carbocycles. The molecule has 1 rings (SSSR count). The number of methoxy groups -OCH3 is 1. The molecule has 0 aliphatic carbocycles. The molecule has 0 spiro atoms. The molecule has 1 amide bonds. The van der Waals surface area contributed by atoms with Crippen molar-refractivity contribution in [2.75, 3.05) is 26.9 Å². The van der Waals surface area contributed by atoms with Crippen LogP contribution in [0.3, 0.4) is 0 Å². The van der Waals surface area contributed by atoms with Gasteiger partial charge < -0.3 is 20.5 Å². The van der Waals surface area contributed by atoms with E-state index < -0.39 is 5.91 Å². The van der Waals surface area contributed by atoms with Gasteiger partial charge in [0.2, 0.25) is 5.91 Å². The number of amides is 1. The fourth-order valence-electron chi connectivity index (χ4n) is 1.56. The van der Waals surface area contributed by atoms with Crippen molar-refractivity contribution < 1.29 is 14.3 Å². The number of hydrogen-bond acceptors (Lipinski definition) is 4. The third-order valence-corrected chi connectivity index (χ3v) is 2.98. The monoisotopic (exact) mass is 320 g/mol. The van der Waals surface area contributed by atoms with Crippen molar-refractivity contribution in [3.63, 3.8) is 0 Å². The average Bonchev–Trinajstić information content (AvgIpc) is 2.37. The largest absolute Gasteiger partial charge is 0.491 e. The van der Waals surface area contributed by atoms with Gasteiger partial charge in [0, 0.05) is 30.8 Å². The number of carbonyl (C=O) groups is 1. The topological polar surface area (TPSA) is 73.6 Å². The van der Waals surface area contributed by atoms with Gasteiger partial charge in [0.1, 0.15) is 5.75 Å². The van der Waals surface area contributed by atoms with Gasteiger partial charge in [-0.3, -0.25) is 4.79 Å². The Labute approximate surface area is 128 Å². The van der Waals surface area contributed by atoms with Crippen LogP contribution in [0, 0.1) is 0 Å². The number of nitrogens with two attached hydrogens (primary N) is 1. The Hall–Kier alpha value is -1.01. The van der Waals surface area contributed by atoms with E-state index in [2.05, 4.69) is 5.32 Å². The van der Waals surface area contributed by atoms with E-state index in [0.29, 0.717) is 35.5 Å². The summed E-state index contributed by atoms with van der Waals surface area (Å²) < 4.78 is 10.5. The summed E-state index contributed by atoms with van der Waals surface area (Å²) in [5.74, 6) is 0.0945. The maximum absolute atomic E-state index is 10.7. The van der Waals surface area contributed by atoms with Crippen molar-refractivity contribution in [2.45, 2.75) is 13.0 Å². The van der Waals surface area contributed by atoms with Crippen LogP contribution in [0.15, 0.2) is 12.1 Å². The molecule has 0 aliphatic heterocycles. The lowest BCUT2D eigenvalue weighted by Crippen LogP contribution is -2.19. The molecule has 0 unspecified atom stereocenters. The lowest BCUT2D eigenvalue weighted by molar-refractivity contribution is -0.118. The number of nitrogens with one attached hydrogen (secondary N) is 1. The zero-order valence-electron chi connectivity index (χ0n) is 11.2. The van der Waals surface area contributed by atoms with E-state index in [1.54, 1.807) is 19.2 Å². The van der Waals surface area contributed by atoms with Crippen molar-refractivity contribution in [2.24, 2.45) is 5.73 Å². The summed E-state index contributed by atoms with van der Waals surface area (Å²) in [5, 5.41) is 4.12. The van der Waals surface area contributed by atoms with E-state index >= 15 is 0 Å². The van der Waals surface area contributed by atoms with E-state index in [9.17, 15) is 4.79 Å². The predicted molar refractivity (Wildman–Crippen MR) is 79.4 cm³/mol. The summed E-state index contributed by atoms with van der Waals surface area (Å²) in [6.07, 6.45) is 0.134. The summed E-state index contributed by atoms with van der Waals surface area (Å²) >= 11 is 12.1. The highest BCUT2D eigenvalue weighted by molar-refractivity contribution is 6.35. The van der Waals surface area contributed by atoms with Gasteiger partial charge in [-0.05, 0) is 12.1 Å². The SMILES string of the molecule is COCCNCc1cc(Cl)cc(Cl)c1OCCC(N)=O. The zero-order chi connectivity index (χ0) is 15.0. The Balaban J connectivity index is 2.71. The molecule has 0 fully saturated rings. The highest BCUT2D eigenvalue weighted by Crippen LogP contribution is 2.32. The Bertz CT molecular complexity index is 455. The fraction of sp³-hybridized carbons (Fsp3) is 0.462. The molecule has 0 radical (unpaired) electrons. The van der Waals surface area contributed by atoms with Crippen LogP contribution in [0.25, 0.3) is 0 Å². The van der Waals surface area contributed by atoms with Gasteiger partial charge in [-0.25, -0.2) is 0 Å². The fourth-order valence-corrected chi connectivity index (χ4v) is 2.15. The molecule has 0 aromatic heterocycles. The van der Waals surface area contributed by atoms with E-state index in [1.807, 2.05) is 0 Å². The minimum Gasteiger partial charge on any atom is -0.491 e. The summed E-state index contributed by atoms with van der Waals surface area (Å²) in [5.41, 5.74) is 5.89. The van der Waals surface area contributed by atoms with E-state index in [0.717, 1.165) is 5.56 Å². The molecular formula is C13H18Cl2N2O3. The van der Waals surface area contributed by atoms with Gasteiger partial charge in [0.15, 0.2) is 0 Å². The molecule has 0 heterocycles. The van der Waals surface area contributed by atoms with Crippen LogP contribution in [0.4, 0.5) is 0 Å². The second-order valence-electron chi connectivity index (χ2n) is 4.11. The zero-order valence-corrected chi connectivity index (χ0v) is 12.8. The van der Waals surface area contributed by atoms with Gasteiger partial charge >= 0.3 is 0 Å². The average molecular weight is 321 g/mol. The number of ether oxygens (including phenoxy) is 2. The normalized spacial score (nSPS) is 10.6. The third-order valence-electron chi connectivity index (χ3n) is 2.48. The van der Waals surface area contributed by atoms with Crippen LogP contribution in [0.2, 0.25) is 10.0 Å². The molecule has 1 aromatic rings. The molecule has 0 saturated heterocycles. The number of carbonyl (C=O) groups excluding carboxylic acids is 1. The van der Waals surface area contributed by atoms with Crippen molar-refractivity contribution >= 4 is 29.1 Å². The minimum atomic E-state index is -0.421. The van der Waals surface area contributed by atoms with E-state index in [-0.39, 0.29) is 13.0 Å². The molecular weight excluding hydrogens is 303 g/mol. The predicted octanol–water partition coefficient (Wildman–Crippen LogP) is 1.98. The highest BCUT2D eigenvalue weighted by atomic mass is 35.5. The molecule has 3 N–H and O–H groups in total. The van der Waals surface area contributed by atoms with Gasteiger partial charge in [-0.2, -0.15) is 0 Å². The number of primary amides is 1. The first-order valence-corrected chi connectivity index (χ1v) is 6.89. The van der Waals surface area contributed by atoms with Gasteiger partial charge in [-0.15, -0.1) is 0 Å². The maximum Gasteiger partial charge on any atom is 0.220 e. The Kier molecular flexibility index (Phi) is 7.69. The Morgan fingerprint density at radius 3 is 2.75 bits per heavy atom. The van der Waals surface area contributed by atoms with Crippen molar-refractivity contribution in [1.82, 2.24) is 5.32 Å². The number of rotatable bonds is 9. The standard InChI is InChI=1S/C13H18Cl2N2O3/c1-19-5-3-17-8-9-6-10(14)7-11(15)13(9)20-4-2-12(16)18/h6-7,17H,2-5,8H2,1H3,(H2,16,18). The number of halogens is 2. The molecule has 112 valence electrons. The van der Waals surface area contributed by atoms with E-state index in [1.165, 1.54) is 0 Å².